The molecule has 0 fully saturated rings. The van der Waals surface area contributed by atoms with Crippen molar-refractivity contribution in [3.05, 3.63) is 30.3 Å². The fraction of sp³-hybridized carbons (Fsp3) is 0.125. The first-order chi connectivity index (χ1) is 5.33. The van der Waals surface area contributed by atoms with E-state index < -0.39 is 0 Å². The Labute approximate surface area is 93.3 Å². The number of anilines is 1. The van der Waals surface area contributed by atoms with Crippen LogP contribution in [-0.2, 0) is 4.79 Å². The number of alkyl halides is 1. The summed E-state index contributed by atoms with van der Waals surface area (Å²) in [5.74, 6) is -0.188. The number of hydrogen-bond acceptors (Lipinski definition) is 1. The summed E-state index contributed by atoms with van der Waals surface area (Å²) in [5, 5.41) is 2.62. The first-order valence-corrected chi connectivity index (χ1v) is 3.77. The summed E-state index contributed by atoms with van der Waals surface area (Å²) in [5.41, 5.74) is 0.776. The molecule has 1 N–H and O–H groups in total. The number of carbonyl (C=O) groups is 1. The smallest absolute Gasteiger partial charge is 0.239 e. The van der Waals surface area contributed by atoms with Gasteiger partial charge in [0.05, 0.1) is 0 Å². The summed E-state index contributed by atoms with van der Waals surface area (Å²) in [6.07, 6.45) is 0. The Morgan fingerprint density at radius 3 is 2.42 bits per heavy atom. The molecule has 2 nitrogen and oxygen atoms in total. The maximum absolute atomic E-state index is 10.7. The summed E-state index contributed by atoms with van der Waals surface area (Å²) >= 11 is 5.29. The van der Waals surface area contributed by atoms with E-state index in [2.05, 4.69) is 5.32 Å². The molecule has 0 aliphatic rings. The zero-order chi connectivity index (χ0) is 8.10. The van der Waals surface area contributed by atoms with Crippen LogP contribution in [-0.4, -0.2) is 11.8 Å². The number of benzene rings is 1. The van der Waals surface area contributed by atoms with Crippen LogP contribution in [0.3, 0.4) is 0 Å². The van der Waals surface area contributed by atoms with Crippen LogP contribution in [0.2, 0.25) is 0 Å². The molecule has 0 spiro atoms. The van der Waals surface area contributed by atoms with E-state index in [9.17, 15) is 4.79 Å². The molecule has 4 heteroatoms. The number of halogens is 2. The molecule has 1 aromatic rings. The van der Waals surface area contributed by atoms with Crippen LogP contribution < -0.4 is 5.32 Å². The number of carbonyl (C=O) groups excluding carboxylic acids is 1. The zero-order valence-electron chi connectivity index (χ0n) is 6.29. The van der Waals surface area contributed by atoms with Crippen LogP contribution in [0.1, 0.15) is 0 Å². The molecular formula is C8H9ClINO. The molecule has 1 aromatic carbocycles. The molecule has 0 heterocycles. The Kier molecular flexibility index (Phi) is 6.10. The average molecular weight is 298 g/mol. The van der Waals surface area contributed by atoms with Crippen molar-refractivity contribution in [3.8, 4) is 0 Å². The van der Waals surface area contributed by atoms with E-state index in [1.165, 1.54) is 0 Å². The Morgan fingerprint density at radius 2 is 1.92 bits per heavy atom. The molecule has 1 rings (SSSR count). The standard InChI is InChI=1S/C8H8ClNO.HI/c9-6-8(11)10-7-4-2-1-3-5-7;/h1-5H,6H2,(H,10,11);1H. The van der Waals surface area contributed by atoms with Crippen LogP contribution >= 0.6 is 35.6 Å². The van der Waals surface area contributed by atoms with Crippen LogP contribution in [0, 0.1) is 0 Å². The average Bonchev–Trinajstić information content (AvgIpc) is 2.06. The Bertz CT molecular complexity index is 240. The summed E-state index contributed by atoms with van der Waals surface area (Å²) < 4.78 is 0. The summed E-state index contributed by atoms with van der Waals surface area (Å²) in [7, 11) is 0. The third kappa shape index (κ3) is 3.92. The maximum atomic E-state index is 10.7. The SMILES string of the molecule is I.O=C(CCl)Nc1ccccc1. The normalized spacial score (nSPS) is 8.42. The van der Waals surface area contributed by atoms with Crippen molar-refractivity contribution in [2.75, 3.05) is 11.2 Å². The minimum Gasteiger partial charge on any atom is -0.325 e. The molecule has 0 aliphatic carbocycles. The van der Waals surface area contributed by atoms with Crippen molar-refractivity contribution < 1.29 is 4.79 Å². The molecular weight excluding hydrogens is 288 g/mol. The van der Waals surface area contributed by atoms with Crippen molar-refractivity contribution in [2.45, 2.75) is 0 Å². The van der Waals surface area contributed by atoms with Crippen LogP contribution in [0.5, 0.6) is 0 Å². The fourth-order valence-corrected chi connectivity index (χ4v) is 0.783. The lowest BCUT2D eigenvalue weighted by atomic mass is 10.3. The van der Waals surface area contributed by atoms with Crippen molar-refractivity contribution in [1.29, 1.82) is 0 Å². The van der Waals surface area contributed by atoms with Crippen molar-refractivity contribution in [3.63, 3.8) is 0 Å². The van der Waals surface area contributed by atoms with E-state index in [-0.39, 0.29) is 35.8 Å². The fourth-order valence-electron chi connectivity index (χ4n) is 0.716. The van der Waals surface area contributed by atoms with E-state index in [0.29, 0.717) is 0 Å². The molecule has 66 valence electrons. The summed E-state index contributed by atoms with van der Waals surface area (Å²) in [6.45, 7) is 0. The highest BCUT2D eigenvalue weighted by Gasteiger charge is 1.96. The lowest BCUT2D eigenvalue weighted by Crippen LogP contribution is -2.12. The number of amides is 1. The van der Waals surface area contributed by atoms with Crippen LogP contribution in [0.25, 0.3) is 0 Å². The van der Waals surface area contributed by atoms with Gasteiger partial charge in [-0.2, -0.15) is 0 Å². The van der Waals surface area contributed by atoms with E-state index in [1.54, 1.807) is 0 Å². The van der Waals surface area contributed by atoms with Gasteiger partial charge >= 0.3 is 0 Å². The second-order valence-corrected chi connectivity index (χ2v) is 2.32. The van der Waals surface area contributed by atoms with E-state index >= 15 is 0 Å². The molecule has 12 heavy (non-hydrogen) atoms. The topological polar surface area (TPSA) is 29.1 Å². The Morgan fingerprint density at radius 1 is 1.33 bits per heavy atom. The molecule has 0 saturated heterocycles. The van der Waals surface area contributed by atoms with Gasteiger partial charge < -0.3 is 5.32 Å². The number of hydrogen-bond donors (Lipinski definition) is 1. The van der Waals surface area contributed by atoms with Gasteiger partial charge in [-0.05, 0) is 12.1 Å². The second kappa shape index (κ2) is 6.25. The monoisotopic (exact) mass is 297 g/mol. The highest BCUT2D eigenvalue weighted by Crippen LogP contribution is 2.04. The maximum Gasteiger partial charge on any atom is 0.239 e. The van der Waals surface area contributed by atoms with Gasteiger partial charge in [-0.15, -0.1) is 35.6 Å². The van der Waals surface area contributed by atoms with Gasteiger partial charge in [0.25, 0.3) is 0 Å². The number of rotatable bonds is 2. The summed E-state index contributed by atoms with van der Waals surface area (Å²) in [6, 6.07) is 9.21. The van der Waals surface area contributed by atoms with Gasteiger partial charge in [0.1, 0.15) is 5.88 Å². The first kappa shape index (κ1) is 11.7. The van der Waals surface area contributed by atoms with Gasteiger partial charge in [0, 0.05) is 5.69 Å². The van der Waals surface area contributed by atoms with Gasteiger partial charge in [-0.25, -0.2) is 0 Å². The molecule has 0 radical (unpaired) electrons. The second-order valence-electron chi connectivity index (χ2n) is 2.05. The molecule has 0 saturated carbocycles. The Hall–Kier alpha value is -0.290. The quantitative estimate of drug-likeness (QED) is 0.659. The van der Waals surface area contributed by atoms with Crippen molar-refractivity contribution in [2.24, 2.45) is 0 Å². The third-order valence-corrected chi connectivity index (χ3v) is 1.42. The predicted molar refractivity (Wildman–Crippen MR) is 61.2 cm³/mol. The van der Waals surface area contributed by atoms with E-state index in [4.69, 9.17) is 11.6 Å². The summed E-state index contributed by atoms with van der Waals surface area (Å²) in [4.78, 5) is 10.7. The van der Waals surface area contributed by atoms with E-state index in [0.717, 1.165) is 5.69 Å². The van der Waals surface area contributed by atoms with Crippen molar-refractivity contribution in [1.82, 2.24) is 0 Å². The van der Waals surface area contributed by atoms with Crippen LogP contribution in [0.4, 0.5) is 5.69 Å². The molecule has 0 aromatic heterocycles. The number of nitrogens with one attached hydrogen (secondary N) is 1. The lowest BCUT2D eigenvalue weighted by Gasteiger charge is -2.00. The molecule has 0 aliphatic heterocycles. The third-order valence-electron chi connectivity index (χ3n) is 1.18. The molecule has 0 bridgehead atoms. The highest BCUT2D eigenvalue weighted by atomic mass is 127. The predicted octanol–water partition coefficient (Wildman–Crippen LogP) is 2.48. The van der Waals surface area contributed by atoms with Crippen molar-refractivity contribution >= 4 is 47.2 Å². The minimum absolute atomic E-state index is 0. The van der Waals surface area contributed by atoms with E-state index in [1.807, 2.05) is 30.3 Å². The zero-order valence-corrected chi connectivity index (χ0v) is 9.37. The first-order valence-electron chi connectivity index (χ1n) is 3.24. The van der Waals surface area contributed by atoms with Gasteiger partial charge in [0.2, 0.25) is 5.91 Å². The largest absolute Gasteiger partial charge is 0.325 e. The Balaban J connectivity index is 0.00000121. The van der Waals surface area contributed by atoms with Gasteiger partial charge in [-0.3, -0.25) is 4.79 Å². The minimum atomic E-state index is -0.183. The molecule has 0 unspecified atom stereocenters. The van der Waals surface area contributed by atoms with Crippen LogP contribution in [0.15, 0.2) is 30.3 Å². The van der Waals surface area contributed by atoms with Gasteiger partial charge in [-0.1, -0.05) is 18.2 Å². The van der Waals surface area contributed by atoms with Gasteiger partial charge in [0.15, 0.2) is 0 Å². The number of para-hydroxylation sites is 1. The molecule has 0 atom stereocenters. The highest BCUT2D eigenvalue weighted by molar-refractivity contribution is 14.0. The lowest BCUT2D eigenvalue weighted by molar-refractivity contribution is -0.113. The molecule has 1 amide bonds.